The predicted molar refractivity (Wildman–Crippen MR) is 86.8 cm³/mol. The summed E-state index contributed by atoms with van der Waals surface area (Å²) in [6, 6.07) is 5.29. The Hall–Kier alpha value is -0.930. The van der Waals surface area contributed by atoms with E-state index in [-0.39, 0.29) is 11.9 Å². The van der Waals surface area contributed by atoms with Crippen LogP contribution in [-0.4, -0.2) is 24.5 Å². The summed E-state index contributed by atoms with van der Waals surface area (Å²) in [6.07, 6.45) is 4.71. The molecule has 0 aromatic heterocycles. The van der Waals surface area contributed by atoms with Crippen LogP contribution in [0.25, 0.3) is 0 Å². The minimum Gasteiger partial charge on any atom is -0.324 e. The van der Waals surface area contributed by atoms with Gasteiger partial charge in [0.2, 0.25) is 0 Å². The Bertz CT molecular complexity index is 468. The molecule has 0 bridgehead atoms. The molecule has 3 heteroatoms. The van der Waals surface area contributed by atoms with E-state index in [0.717, 1.165) is 18.5 Å². The molecular weight excluding hydrogens is 263 g/mol. The van der Waals surface area contributed by atoms with Gasteiger partial charge in [-0.1, -0.05) is 26.0 Å². The van der Waals surface area contributed by atoms with E-state index in [0.29, 0.717) is 11.0 Å². The molecule has 1 fully saturated rings. The molecule has 0 amide bonds. The highest BCUT2D eigenvalue weighted by atomic mass is 19.1. The highest BCUT2D eigenvalue weighted by Crippen LogP contribution is 2.37. The molecule has 2 N–H and O–H groups in total. The summed E-state index contributed by atoms with van der Waals surface area (Å²) in [4.78, 5) is 2.53. The van der Waals surface area contributed by atoms with Crippen molar-refractivity contribution in [2.45, 2.75) is 52.5 Å². The van der Waals surface area contributed by atoms with E-state index in [4.69, 9.17) is 5.73 Å². The first kappa shape index (κ1) is 16.4. The predicted octanol–water partition coefficient (Wildman–Crippen LogP) is 4.04. The minimum absolute atomic E-state index is 0.0710. The van der Waals surface area contributed by atoms with Crippen molar-refractivity contribution in [1.29, 1.82) is 0 Å². The van der Waals surface area contributed by atoms with Crippen molar-refractivity contribution in [1.82, 2.24) is 4.90 Å². The zero-order valence-corrected chi connectivity index (χ0v) is 13.7. The number of benzene rings is 1. The maximum absolute atomic E-state index is 13.6. The molecule has 1 atom stereocenters. The lowest BCUT2D eigenvalue weighted by Gasteiger charge is -2.27. The van der Waals surface area contributed by atoms with Gasteiger partial charge >= 0.3 is 0 Å². The number of halogens is 1. The topological polar surface area (TPSA) is 29.3 Å². The first-order valence-corrected chi connectivity index (χ1v) is 8.23. The molecule has 21 heavy (non-hydrogen) atoms. The maximum atomic E-state index is 13.6. The Labute approximate surface area is 128 Å². The van der Waals surface area contributed by atoms with Crippen molar-refractivity contribution in [2.75, 3.05) is 19.6 Å². The lowest BCUT2D eigenvalue weighted by atomic mass is 9.82. The summed E-state index contributed by atoms with van der Waals surface area (Å²) >= 11 is 0. The normalized spacial score (nSPS) is 19.9. The molecule has 0 saturated carbocycles. The SMILES string of the molecule is CCC1(CC)CCN(CCC(N)c2ccc(C)c(F)c2)C1. The lowest BCUT2D eigenvalue weighted by molar-refractivity contribution is 0.236. The zero-order valence-electron chi connectivity index (χ0n) is 13.7. The van der Waals surface area contributed by atoms with Crippen LogP contribution in [0.1, 0.15) is 56.7 Å². The molecule has 0 aliphatic carbocycles. The molecule has 1 unspecified atom stereocenters. The fourth-order valence-electron chi connectivity index (χ4n) is 3.37. The monoisotopic (exact) mass is 292 g/mol. The van der Waals surface area contributed by atoms with Crippen LogP contribution in [0.5, 0.6) is 0 Å². The zero-order chi connectivity index (χ0) is 15.5. The van der Waals surface area contributed by atoms with Crippen molar-refractivity contribution in [3.05, 3.63) is 35.1 Å². The Morgan fingerprint density at radius 2 is 2.05 bits per heavy atom. The summed E-state index contributed by atoms with van der Waals surface area (Å²) < 4.78 is 13.6. The average Bonchev–Trinajstić information content (AvgIpc) is 2.92. The van der Waals surface area contributed by atoms with Gasteiger partial charge in [0.05, 0.1) is 0 Å². The second kappa shape index (κ2) is 6.89. The van der Waals surface area contributed by atoms with E-state index in [1.807, 2.05) is 12.1 Å². The Morgan fingerprint density at radius 1 is 1.33 bits per heavy atom. The van der Waals surface area contributed by atoms with Crippen LogP contribution in [0, 0.1) is 18.2 Å². The molecule has 0 spiro atoms. The van der Waals surface area contributed by atoms with E-state index in [2.05, 4.69) is 18.7 Å². The summed E-state index contributed by atoms with van der Waals surface area (Å²) in [5.41, 5.74) is 8.34. The van der Waals surface area contributed by atoms with Gasteiger partial charge in [-0.3, -0.25) is 0 Å². The second-order valence-corrected chi connectivity index (χ2v) is 6.64. The second-order valence-electron chi connectivity index (χ2n) is 6.64. The van der Waals surface area contributed by atoms with Crippen molar-refractivity contribution < 1.29 is 4.39 Å². The molecule has 2 nitrogen and oxygen atoms in total. The van der Waals surface area contributed by atoms with Crippen LogP contribution >= 0.6 is 0 Å². The first-order chi connectivity index (χ1) is 9.99. The fourth-order valence-corrected chi connectivity index (χ4v) is 3.37. The van der Waals surface area contributed by atoms with Gasteiger partial charge in [0.1, 0.15) is 5.82 Å². The fraction of sp³-hybridized carbons (Fsp3) is 0.667. The highest BCUT2D eigenvalue weighted by molar-refractivity contribution is 5.25. The molecule has 1 heterocycles. The van der Waals surface area contributed by atoms with Crippen molar-refractivity contribution in [2.24, 2.45) is 11.1 Å². The number of likely N-dealkylation sites (tertiary alicyclic amines) is 1. The maximum Gasteiger partial charge on any atom is 0.126 e. The van der Waals surface area contributed by atoms with Crippen LogP contribution in [0.3, 0.4) is 0 Å². The lowest BCUT2D eigenvalue weighted by Crippen LogP contribution is -2.29. The minimum atomic E-state index is -0.153. The highest BCUT2D eigenvalue weighted by Gasteiger charge is 2.34. The Kier molecular flexibility index (Phi) is 5.39. The Balaban J connectivity index is 1.87. The number of nitrogens with two attached hydrogens (primary N) is 1. The quantitative estimate of drug-likeness (QED) is 0.857. The molecule has 1 aliphatic rings. The molecule has 1 aromatic rings. The van der Waals surface area contributed by atoms with Crippen LogP contribution in [0.2, 0.25) is 0 Å². The van der Waals surface area contributed by atoms with Gasteiger partial charge in [0.15, 0.2) is 0 Å². The van der Waals surface area contributed by atoms with Gasteiger partial charge in [-0.05, 0) is 68.3 Å². The summed E-state index contributed by atoms with van der Waals surface area (Å²) in [5.74, 6) is -0.153. The molecule has 2 rings (SSSR count). The molecule has 0 radical (unpaired) electrons. The number of hydrogen-bond donors (Lipinski definition) is 1. The molecular formula is C18H29FN2. The van der Waals surface area contributed by atoms with Gasteiger partial charge < -0.3 is 10.6 Å². The summed E-state index contributed by atoms with van der Waals surface area (Å²) in [7, 11) is 0. The van der Waals surface area contributed by atoms with E-state index in [1.54, 1.807) is 13.0 Å². The molecule has 1 saturated heterocycles. The smallest absolute Gasteiger partial charge is 0.126 e. The number of nitrogens with zero attached hydrogens (tertiary/aromatic N) is 1. The van der Waals surface area contributed by atoms with E-state index in [9.17, 15) is 4.39 Å². The van der Waals surface area contributed by atoms with Crippen LogP contribution < -0.4 is 5.73 Å². The van der Waals surface area contributed by atoms with Gasteiger partial charge in [-0.15, -0.1) is 0 Å². The number of aryl methyl sites for hydroxylation is 1. The third-order valence-corrected chi connectivity index (χ3v) is 5.40. The summed E-state index contributed by atoms with van der Waals surface area (Å²) in [6.45, 7) is 9.76. The third-order valence-electron chi connectivity index (χ3n) is 5.40. The van der Waals surface area contributed by atoms with Crippen molar-refractivity contribution >= 4 is 0 Å². The Morgan fingerprint density at radius 3 is 2.62 bits per heavy atom. The van der Waals surface area contributed by atoms with Crippen molar-refractivity contribution in [3.8, 4) is 0 Å². The largest absolute Gasteiger partial charge is 0.324 e. The van der Waals surface area contributed by atoms with Gasteiger partial charge in [0, 0.05) is 12.6 Å². The van der Waals surface area contributed by atoms with E-state index < -0.39 is 0 Å². The number of rotatable bonds is 6. The summed E-state index contributed by atoms with van der Waals surface area (Å²) in [5, 5.41) is 0. The van der Waals surface area contributed by atoms with Gasteiger partial charge in [-0.2, -0.15) is 0 Å². The van der Waals surface area contributed by atoms with Crippen LogP contribution in [0.15, 0.2) is 18.2 Å². The van der Waals surface area contributed by atoms with Crippen LogP contribution in [-0.2, 0) is 0 Å². The van der Waals surface area contributed by atoms with E-state index >= 15 is 0 Å². The average molecular weight is 292 g/mol. The molecule has 118 valence electrons. The van der Waals surface area contributed by atoms with Crippen molar-refractivity contribution in [3.63, 3.8) is 0 Å². The molecule has 1 aliphatic heterocycles. The number of hydrogen-bond acceptors (Lipinski definition) is 2. The van der Waals surface area contributed by atoms with Crippen LogP contribution in [0.4, 0.5) is 4.39 Å². The standard InChI is InChI=1S/C18H29FN2/c1-4-18(5-2)9-11-21(13-18)10-8-17(20)15-7-6-14(3)16(19)12-15/h6-7,12,17H,4-5,8-11,13,20H2,1-3H3. The van der Waals surface area contributed by atoms with Gasteiger partial charge in [0.25, 0.3) is 0 Å². The van der Waals surface area contributed by atoms with E-state index in [1.165, 1.54) is 32.4 Å². The molecule has 1 aromatic carbocycles. The first-order valence-electron chi connectivity index (χ1n) is 8.23. The van der Waals surface area contributed by atoms with Gasteiger partial charge in [-0.25, -0.2) is 4.39 Å². The third kappa shape index (κ3) is 3.83.